The maximum Gasteiger partial charge on any atom is 0.340 e. The van der Waals surface area contributed by atoms with Gasteiger partial charge >= 0.3 is 5.69 Å². The zero-order valence-electron chi connectivity index (χ0n) is 13.8. The lowest BCUT2D eigenvalue weighted by molar-refractivity contribution is -0.141. The van der Waals surface area contributed by atoms with Gasteiger partial charge in [-0.25, -0.2) is 9.89 Å². The monoisotopic (exact) mass is 335 g/mol. The van der Waals surface area contributed by atoms with Crippen LogP contribution in [0.5, 0.6) is 0 Å². The van der Waals surface area contributed by atoms with Gasteiger partial charge in [0.05, 0.1) is 12.5 Å². The average Bonchev–Trinajstić information content (AvgIpc) is 2.83. The fourth-order valence-electron chi connectivity index (χ4n) is 3.71. The molecule has 132 valence electrons. The summed E-state index contributed by atoms with van der Waals surface area (Å²) in [7, 11) is 0. The molecule has 0 bridgehead atoms. The van der Waals surface area contributed by atoms with Gasteiger partial charge in [0.2, 0.25) is 11.8 Å². The molecular weight excluding hydrogens is 310 g/mol. The maximum absolute atomic E-state index is 12.4. The van der Waals surface area contributed by atoms with Gasteiger partial charge in [-0.3, -0.25) is 14.6 Å². The van der Waals surface area contributed by atoms with Crippen LogP contribution in [0.15, 0.2) is 4.79 Å². The van der Waals surface area contributed by atoms with Gasteiger partial charge in [-0.15, -0.1) is 0 Å². The van der Waals surface area contributed by atoms with E-state index in [9.17, 15) is 14.4 Å². The van der Waals surface area contributed by atoms with Crippen molar-refractivity contribution < 1.29 is 9.59 Å². The predicted molar refractivity (Wildman–Crippen MR) is 87.0 cm³/mol. The molecule has 1 aromatic heterocycles. The van der Waals surface area contributed by atoms with E-state index in [1.807, 2.05) is 4.90 Å². The molecule has 3 N–H and O–H groups in total. The first kappa shape index (κ1) is 16.7. The topological polar surface area (TPSA) is 111 Å². The molecule has 3 rings (SSSR count). The summed E-state index contributed by atoms with van der Waals surface area (Å²) < 4.78 is 0. The Bertz CT molecular complexity index is 630. The molecule has 2 amide bonds. The number of amides is 2. The van der Waals surface area contributed by atoms with Crippen molar-refractivity contribution in [2.24, 2.45) is 5.92 Å². The van der Waals surface area contributed by atoms with Crippen molar-refractivity contribution in [2.45, 2.75) is 64.0 Å². The summed E-state index contributed by atoms with van der Waals surface area (Å²) in [6.45, 7) is 0.692. The Hall–Kier alpha value is -2.12. The molecule has 2 aliphatic rings. The third-order valence-electron chi connectivity index (χ3n) is 5.06. The van der Waals surface area contributed by atoms with E-state index in [4.69, 9.17) is 0 Å². The smallest absolute Gasteiger partial charge is 0.340 e. The van der Waals surface area contributed by atoms with Crippen molar-refractivity contribution in [3.05, 3.63) is 16.3 Å². The van der Waals surface area contributed by atoms with Gasteiger partial charge in [0.1, 0.15) is 5.82 Å². The molecule has 0 aromatic carbocycles. The van der Waals surface area contributed by atoms with Crippen molar-refractivity contribution >= 4 is 11.8 Å². The zero-order valence-corrected chi connectivity index (χ0v) is 13.8. The molecule has 1 aliphatic carbocycles. The fourth-order valence-corrected chi connectivity index (χ4v) is 3.71. The number of carbonyl (C=O) groups excluding carboxylic acids is 2. The number of rotatable bonds is 4. The number of aromatic amines is 2. The number of hydrogen-bond acceptors (Lipinski definition) is 4. The number of nitrogens with one attached hydrogen (secondary N) is 3. The fraction of sp³-hybridized carbons (Fsp3) is 0.750. The Balaban J connectivity index is 1.56. The van der Waals surface area contributed by atoms with Crippen LogP contribution in [0.1, 0.15) is 57.2 Å². The molecule has 24 heavy (non-hydrogen) atoms. The van der Waals surface area contributed by atoms with Crippen molar-refractivity contribution in [2.75, 3.05) is 6.54 Å². The molecule has 1 saturated heterocycles. The Labute approximate surface area is 140 Å². The van der Waals surface area contributed by atoms with E-state index in [0.29, 0.717) is 31.3 Å². The molecule has 2 fully saturated rings. The first-order valence-electron chi connectivity index (χ1n) is 8.84. The van der Waals surface area contributed by atoms with Crippen LogP contribution >= 0.6 is 0 Å². The highest BCUT2D eigenvalue weighted by atomic mass is 16.2. The lowest BCUT2D eigenvalue weighted by atomic mass is 9.93. The highest BCUT2D eigenvalue weighted by Gasteiger charge is 2.34. The van der Waals surface area contributed by atoms with Crippen LogP contribution in [0.25, 0.3) is 0 Å². The van der Waals surface area contributed by atoms with Crippen molar-refractivity contribution in [1.29, 1.82) is 0 Å². The van der Waals surface area contributed by atoms with Crippen LogP contribution in [0, 0.1) is 5.92 Å². The van der Waals surface area contributed by atoms with Crippen LogP contribution in [-0.4, -0.2) is 44.5 Å². The second kappa shape index (κ2) is 7.63. The minimum Gasteiger partial charge on any atom is -0.349 e. The van der Waals surface area contributed by atoms with Gasteiger partial charge in [0.25, 0.3) is 0 Å². The number of piperidine rings is 1. The van der Waals surface area contributed by atoms with Gasteiger partial charge in [-0.1, -0.05) is 25.7 Å². The normalized spacial score (nSPS) is 23.1. The first-order chi connectivity index (χ1) is 11.6. The molecule has 8 heteroatoms. The number of likely N-dealkylation sites (tertiary alicyclic amines) is 1. The molecule has 1 atom stereocenters. The zero-order chi connectivity index (χ0) is 16.9. The minimum absolute atomic E-state index is 0.0787. The summed E-state index contributed by atoms with van der Waals surface area (Å²) in [5.74, 6) is 0.324. The van der Waals surface area contributed by atoms with Gasteiger partial charge in [0.15, 0.2) is 0 Å². The lowest BCUT2D eigenvalue weighted by Gasteiger charge is -2.37. The molecule has 0 spiro atoms. The summed E-state index contributed by atoms with van der Waals surface area (Å²) in [5.41, 5.74) is -0.387. The van der Waals surface area contributed by atoms with Crippen LogP contribution in [0.2, 0.25) is 0 Å². The highest BCUT2D eigenvalue weighted by Crippen LogP contribution is 2.27. The summed E-state index contributed by atoms with van der Waals surface area (Å²) in [6.07, 6.45) is 7.94. The summed E-state index contributed by atoms with van der Waals surface area (Å²) in [5, 5.41) is 8.84. The lowest BCUT2D eigenvalue weighted by Crippen LogP contribution is -2.49. The average molecular weight is 335 g/mol. The quantitative estimate of drug-likeness (QED) is 0.702. The van der Waals surface area contributed by atoms with Gasteiger partial charge < -0.3 is 10.2 Å². The van der Waals surface area contributed by atoms with E-state index in [1.165, 1.54) is 12.8 Å². The molecule has 2 heterocycles. The van der Waals surface area contributed by atoms with Gasteiger partial charge in [-0.05, 0) is 19.3 Å². The second-order valence-electron chi connectivity index (χ2n) is 6.77. The second-order valence-corrected chi connectivity index (χ2v) is 6.77. The SMILES string of the molecule is O=C(NCc1n[nH]c(=O)[nH]1)[C@@H]1CCC(=O)N(C2CCCCCC2)C1. The molecule has 1 saturated carbocycles. The molecular formula is C16H25N5O3. The molecule has 1 aromatic rings. The van der Waals surface area contributed by atoms with Crippen LogP contribution in [0.4, 0.5) is 0 Å². The van der Waals surface area contributed by atoms with Crippen molar-refractivity contribution in [1.82, 2.24) is 25.4 Å². The molecule has 0 unspecified atom stereocenters. The number of carbonyl (C=O) groups is 2. The highest BCUT2D eigenvalue weighted by molar-refractivity contribution is 5.83. The van der Waals surface area contributed by atoms with E-state index in [1.54, 1.807) is 0 Å². The molecule has 0 radical (unpaired) electrons. The Morgan fingerprint density at radius 2 is 1.92 bits per heavy atom. The third kappa shape index (κ3) is 4.04. The number of aromatic nitrogens is 3. The van der Waals surface area contributed by atoms with Crippen molar-refractivity contribution in [3.63, 3.8) is 0 Å². The summed E-state index contributed by atoms with van der Waals surface area (Å²) >= 11 is 0. The summed E-state index contributed by atoms with van der Waals surface area (Å²) in [4.78, 5) is 40.1. The van der Waals surface area contributed by atoms with E-state index in [-0.39, 0.29) is 30.0 Å². The molecule has 8 nitrogen and oxygen atoms in total. The van der Waals surface area contributed by atoms with Gasteiger partial charge in [-0.2, -0.15) is 5.10 Å². The van der Waals surface area contributed by atoms with Crippen LogP contribution < -0.4 is 11.0 Å². The van der Waals surface area contributed by atoms with Crippen LogP contribution in [0.3, 0.4) is 0 Å². The van der Waals surface area contributed by atoms with Crippen molar-refractivity contribution in [3.8, 4) is 0 Å². The summed E-state index contributed by atoms with van der Waals surface area (Å²) in [6, 6.07) is 0.290. The number of H-pyrrole nitrogens is 2. The first-order valence-corrected chi connectivity index (χ1v) is 8.84. The number of hydrogen-bond donors (Lipinski definition) is 3. The van der Waals surface area contributed by atoms with E-state index >= 15 is 0 Å². The Morgan fingerprint density at radius 1 is 1.17 bits per heavy atom. The number of nitrogens with zero attached hydrogens (tertiary/aromatic N) is 2. The van der Waals surface area contributed by atoms with E-state index in [2.05, 4.69) is 20.5 Å². The standard InChI is InChI=1S/C16H25N5O3/c22-14-8-7-11(10-21(14)12-5-3-1-2-4-6-12)15(23)17-9-13-18-16(24)20-19-13/h11-12H,1-10H2,(H,17,23)(H2,18,19,20,24)/t11-/m1/s1. The third-order valence-corrected chi connectivity index (χ3v) is 5.06. The molecule has 1 aliphatic heterocycles. The Morgan fingerprint density at radius 3 is 2.58 bits per heavy atom. The predicted octanol–water partition coefficient (Wildman–Crippen LogP) is 0.676. The van der Waals surface area contributed by atoms with E-state index in [0.717, 1.165) is 25.7 Å². The largest absolute Gasteiger partial charge is 0.349 e. The minimum atomic E-state index is -0.387. The van der Waals surface area contributed by atoms with E-state index < -0.39 is 0 Å². The van der Waals surface area contributed by atoms with Gasteiger partial charge in [0, 0.05) is 19.0 Å². The maximum atomic E-state index is 12.4. The Kier molecular flexibility index (Phi) is 5.32. The van der Waals surface area contributed by atoms with Crippen LogP contribution in [-0.2, 0) is 16.1 Å².